The van der Waals surface area contributed by atoms with E-state index in [1.54, 1.807) is 0 Å². The standard InChI is InChI=1S/C14H17N3O/c1-3-10-7-5-6-8-12(10)16-14-15-11(4-2)9-13(18)17-14/h5-9H,3-4H2,1-2H3,(H2,15,16,17,18). The highest BCUT2D eigenvalue weighted by molar-refractivity contribution is 5.58. The van der Waals surface area contributed by atoms with Crippen LogP contribution in [-0.2, 0) is 12.8 Å². The van der Waals surface area contributed by atoms with Gasteiger partial charge in [0.1, 0.15) is 0 Å². The number of rotatable bonds is 4. The van der Waals surface area contributed by atoms with E-state index in [4.69, 9.17) is 0 Å². The van der Waals surface area contributed by atoms with E-state index in [0.29, 0.717) is 5.95 Å². The molecule has 1 aromatic heterocycles. The second-order valence-electron chi connectivity index (χ2n) is 4.07. The lowest BCUT2D eigenvalue weighted by Crippen LogP contribution is -2.12. The number of anilines is 2. The zero-order valence-corrected chi connectivity index (χ0v) is 10.7. The third-order valence-electron chi connectivity index (χ3n) is 2.81. The molecule has 0 saturated heterocycles. The zero-order valence-electron chi connectivity index (χ0n) is 10.7. The maximum absolute atomic E-state index is 11.5. The number of H-pyrrole nitrogens is 1. The fourth-order valence-corrected chi connectivity index (χ4v) is 1.83. The van der Waals surface area contributed by atoms with E-state index in [-0.39, 0.29) is 5.56 Å². The molecule has 0 amide bonds. The molecule has 0 spiro atoms. The van der Waals surface area contributed by atoms with Crippen molar-refractivity contribution in [3.8, 4) is 0 Å². The van der Waals surface area contributed by atoms with Crippen molar-refractivity contribution < 1.29 is 0 Å². The van der Waals surface area contributed by atoms with Crippen LogP contribution in [0, 0.1) is 0 Å². The van der Waals surface area contributed by atoms with Gasteiger partial charge in [0.05, 0.1) is 0 Å². The van der Waals surface area contributed by atoms with Gasteiger partial charge < -0.3 is 5.32 Å². The van der Waals surface area contributed by atoms with Crippen molar-refractivity contribution in [1.29, 1.82) is 0 Å². The van der Waals surface area contributed by atoms with Crippen LogP contribution in [0.15, 0.2) is 35.1 Å². The number of aryl methyl sites for hydroxylation is 2. The van der Waals surface area contributed by atoms with E-state index < -0.39 is 0 Å². The minimum absolute atomic E-state index is 0.127. The lowest BCUT2D eigenvalue weighted by Gasteiger charge is -2.10. The van der Waals surface area contributed by atoms with Crippen LogP contribution < -0.4 is 10.9 Å². The fourth-order valence-electron chi connectivity index (χ4n) is 1.83. The Morgan fingerprint density at radius 3 is 2.72 bits per heavy atom. The number of nitrogens with zero attached hydrogens (tertiary/aromatic N) is 1. The minimum atomic E-state index is -0.127. The first-order chi connectivity index (χ1) is 8.72. The van der Waals surface area contributed by atoms with Gasteiger partial charge in [-0.1, -0.05) is 32.0 Å². The molecular weight excluding hydrogens is 226 g/mol. The van der Waals surface area contributed by atoms with Crippen LogP contribution in [0.25, 0.3) is 0 Å². The van der Waals surface area contributed by atoms with Crippen molar-refractivity contribution in [2.45, 2.75) is 26.7 Å². The molecule has 0 radical (unpaired) electrons. The van der Waals surface area contributed by atoms with Crippen LogP contribution in [0.1, 0.15) is 25.1 Å². The fraction of sp³-hybridized carbons (Fsp3) is 0.286. The molecule has 2 rings (SSSR count). The van der Waals surface area contributed by atoms with Gasteiger partial charge in [0.15, 0.2) is 0 Å². The first-order valence-corrected chi connectivity index (χ1v) is 6.18. The Bertz CT molecular complexity index is 590. The Hall–Kier alpha value is -2.10. The minimum Gasteiger partial charge on any atom is -0.325 e. The molecule has 0 bridgehead atoms. The van der Waals surface area contributed by atoms with Gasteiger partial charge in [-0.15, -0.1) is 0 Å². The van der Waals surface area contributed by atoms with Gasteiger partial charge in [-0.25, -0.2) is 4.98 Å². The van der Waals surface area contributed by atoms with E-state index in [9.17, 15) is 4.79 Å². The Morgan fingerprint density at radius 1 is 1.22 bits per heavy atom. The van der Waals surface area contributed by atoms with Crippen LogP contribution in [0.2, 0.25) is 0 Å². The van der Waals surface area contributed by atoms with Crippen molar-refractivity contribution in [3.63, 3.8) is 0 Å². The maximum Gasteiger partial charge on any atom is 0.252 e. The predicted octanol–water partition coefficient (Wildman–Crippen LogP) is 2.64. The summed E-state index contributed by atoms with van der Waals surface area (Å²) in [7, 11) is 0. The molecule has 94 valence electrons. The zero-order chi connectivity index (χ0) is 13.0. The smallest absolute Gasteiger partial charge is 0.252 e. The molecular formula is C14H17N3O. The number of nitrogens with one attached hydrogen (secondary N) is 2. The summed E-state index contributed by atoms with van der Waals surface area (Å²) in [6, 6.07) is 9.53. The lowest BCUT2D eigenvalue weighted by atomic mass is 10.1. The number of hydrogen-bond acceptors (Lipinski definition) is 3. The summed E-state index contributed by atoms with van der Waals surface area (Å²) in [4.78, 5) is 18.5. The van der Waals surface area contributed by atoms with Crippen molar-refractivity contribution in [2.75, 3.05) is 5.32 Å². The summed E-state index contributed by atoms with van der Waals surface area (Å²) in [6.07, 6.45) is 1.68. The maximum atomic E-state index is 11.5. The SMILES string of the molecule is CCc1cc(=O)[nH]c(Nc2ccccc2CC)n1. The van der Waals surface area contributed by atoms with Crippen LogP contribution in [0.3, 0.4) is 0 Å². The second-order valence-corrected chi connectivity index (χ2v) is 4.07. The van der Waals surface area contributed by atoms with Gasteiger partial charge in [-0.05, 0) is 24.5 Å². The molecule has 1 aromatic carbocycles. The van der Waals surface area contributed by atoms with E-state index in [1.807, 2.05) is 25.1 Å². The summed E-state index contributed by atoms with van der Waals surface area (Å²) in [5, 5.41) is 3.17. The molecule has 1 heterocycles. The quantitative estimate of drug-likeness (QED) is 0.868. The van der Waals surface area contributed by atoms with Gasteiger partial charge >= 0.3 is 0 Å². The average molecular weight is 243 g/mol. The topological polar surface area (TPSA) is 57.8 Å². The van der Waals surface area contributed by atoms with E-state index in [1.165, 1.54) is 11.6 Å². The van der Waals surface area contributed by atoms with Crippen molar-refractivity contribution >= 4 is 11.6 Å². The van der Waals surface area contributed by atoms with Gasteiger partial charge in [0, 0.05) is 17.4 Å². The molecule has 2 N–H and O–H groups in total. The van der Waals surface area contributed by atoms with Crippen LogP contribution in [-0.4, -0.2) is 9.97 Å². The van der Waals surface area contributed by atoms with E-state index in [0.717, 1.165) is 24.2 Å². The molecule has 0 unspecified atom stereocenters. The van der Waals surface area contributed by atoms with Crippen LogP contribution in [0.4, 0.5) is 11.6 Å². The van der Waals surface area contributed by atoms with Crippen LogP contribution >= 0.6 is 0 Å². The molecule has 2 aromatic rings. The lowest BCUT2D eigenvalue weighted by molar-refractivity contribution is 0.984. The molecule has 0 atom stereocenters. The molecule has 0 aliphatic carbocycles. The summed E-state index contributed by atoms with van der Waals surface area (Å²) >= 11 is 0. The van der Waals surface area contributed by atoms with Crippen LogP contribution in [0.5, 0.6) is 0 Å². The first kappa shape index (κ1) is 12.4. The highest BCUT2D eigenvalue weighted by atomic mass is 16.1. The largest absolute Gasteiger partial charge is 0.325 e. The van der Waals surface area contributed by atoms with Gasteiger partial charge in [-0.3, -0.25) is 9.78 Å². The highest BCUT2D eigenvalue weighted by Crippen LogP contribution is 2.18. The van der Waals surface area contributed by atoms with Crippen molar-refractivity contribution in [2.24, 2.45) is 0 Å². The number of hydrogen-bond donors (Lipinski definition) is 2. The first-order valence-electron chi connectivity index (χ1n) is 6.18. The summed E-state index contributed by atoms with van der Waals surface area (Å²) in [5.74, 6) is 0.500. The molecule has 0 fully saturated rings. The number of aromatic nitrogens is 2. The number of para-hydroxylation sites is 1. The molecule has 0 saturated carbocycles. The van der Waals surface area contributed by atoms with Gasteiger partial charge in [0.25, 0.3) is 5.56 Å². The average Bonchev–Trinajstić information content (AvgIpc) is 2.38. The third-order valence-corrected chi connectivity index (χ3v) is 2.81. The molecule has 0 aliphatic rings. The third kappa shape index (κ3) is 2.77. The number of benzene rings is 1. The summed E-state index contributed by atoms with van der Waals surface area (Å²) < 4.78 is 0. The Balaban J connectivity index is 2.33. The van der Waals surface area contributed by atoms with E-state index >= 15 is 0 Å². The predicted molar refractivity (Wildman–Crippen MR) is 73.3 cm³/mol. The monoisotopic (exact) mass is 243 g/mol. The Morgan fingerprint density at radius 2 is 2.00 bits per heavy atom. The second kappa shape index (κ2) is 5.49. The molecule has 4 nitrogen and oxygen atoms in total. The summed E-state index contributed by atoms with van der Waals surface area (Å²) in [5.41, 5.74) is 2.84. The molecule has 0 aliphatic heterocycles. The van der Waals surface area contributed by atoms with Crippen molar-refractivity contribution in [1.82, 2.24) is 9.97 Å². The van der Waals surface area contributed by atoms with Gasteiger partial charge in [0.2, 0.25) is 5.95 Å². The molecule has 4 heteroatoms. The molecule has 18 heavy (non-hydrogen) atoms. The number of aromatic amines is 1. The normalized spacial score (nSPS) is 10.3. The Labute approximate surface area is 106 Å². The van der Waals surface area contributed by atoms with Crippen molar-refractivity contribution in [3.05, 3.63) is 51.9 Å². The highest BCUT2D eigenvalue weighted by Gasteiger charge is 2.03. The van der Waals surface area contributed by atoms with E-state index in [2.05, 4.69) is 28.3 Å². The summed E-state index contributed by atoms with van der Waals surface area (Å²) in [6.45, 7) is 4.07. The Kier molecular flexibility index (Phi) is 3.77. The van der Waals surface area contributed by atoms with Gasteiger partial charge in [-0.2, -0.15) is 0 Å².